The van der Waals surface area contributed by atoms with E-state index in [4.69, 9.17) is 17.0 Å². The maximum atomic E-state index is 13.0. The van der Waals surface area contributed by atoms with Gasteiger partial charge in [-0.2, -0.15) is 0 Å². The molecule has 1 fully saturated rings. The maximum Gasteiger partial charge on any atom is 0.257 e. The Hall–Kier alpha value is -3.46. The van der Waals surface area contributed by atoms with Gasteiger partial charge in [-0.05, 0) is 42.9 Å². The number of benzene rings is 2. The standard InChI is InChI=1S/C24H25N5O3S/c1-32-20-9-5-4-8-19(20)27-12-14-28(15-13-27)21(30)11-10-18-23(31)29-22(25-18)16-6-2-3-7-17(16)26-24(29)33/h2-9,18,25H,10-15H2,1H3/t18-/m0/s1. The monoisotopic (exact) mass is 463 g/mol. The number of carbonyl (C=O) groups excluding carboxylic acids is 2. The lowest BCUT2D eigenvalue weighted by atomic mass is 10.1. The van der Waals surface area contributed by atoms with Crippen molar-refractivity contribution in [3.8, 4) is 5.75 Å². The summed E-state index contributed by atoms with van der Waals surface area (Å²) in [6, 6.07) is 15.0. The summed E-state index contributed by atoms with van der Waals surface area (Å²) in [6.07, 6.45) is 0.708. The molecule has 0 bridgehead atoms. The summed E-state index contributed by atoms with van der Waals surface area (Å²) in [5.41, 5.74) is 1.79. The number of anilines is 2. The third-order valence-electron chi connectivity index (χ3n) is 6.32. The van der Waals surface area contributed by atoms with Crippen LogP contribution < -0.4 is 15.0 Å². The molecule has 1 atom stereocenters. The number of aromatic nitrogens is 2. The van der Waals surface area contributed by atoms with Crippen molar-refractivity contribution in [1.29, 1.82) is 0 Å². The van der Waals surface area contributed by atoms with Crippen molar-refractivity contribution in [3.05, 3.63) is 53.3 Å². The molecule has 0 saturated carbocycles. The van der Waals surface area contributed by atoms with E-state index in [-0.39, 0.29) is 16.6 Å². The summed E-state index contributed by atoms with van der Waals surface area (Å²) in [5, 5.41) is 4.13. The van der Waals surface area contributed by atoms with Crippen LogP contribution in [0.15, 0.2) is 48.5 Å². The average Bonchev–Trinajstić information content (AvgIpc) is 3.19. The number of methoxy groups -OCH3 is 1. The molecule has 1 saturated heterocycles. The molecule has 0 spiro atoms. The SMILES string of the molecule is COc1ccccc1N1CCN(C(=O)CC[C@@H]2Nc3c4ccccc4nc(=S)n3C2=O)CC1. The summed E-state index contributed by atoms with van der Waals surface area (Å²) >= 11 is 5.35. The van der Waals surface area contributed by atoms with Crippen LogP contribution in [0.4, 0.5) is 11.5 Å². The van der Waals surface area contributed by atoms with E-state index in [9.17, 15) is 9.59 Å². The van der Waals surface area contributed by atoms with Crippen LogP contribution >= 0.6 is 12.2 Å². The van der Waals surface area contributed by atoms with Gasteiger partial charge in [-0.25, -0.2) is 9.55 Å². The van der Waals surface area contributed by atoms with Gasteiger partial charge in [-0.15, -0.1) is 0 Å². The lowest BCUT2D eigenvalue weighted by molar-refractivity contribution is -0.131. The topological polar surface area (TPSA) is 79.7 Å². The van der Waals surface area contributed by atoms with Gasteiger partial charge in [-0.3, -0.25) is 9.59 Å². The second kappa shape index (κ2) is 8.82. The normalized spacial score (nSPS) is 17.7. The summed E-state index contributed by atoms with van der Waals surface area (Å²) in [7, 11) is 1.67. The quantitative estimate of drug-likeness (QED) is 0.582. The third-order valence-corrected chi connectivity index (χ3v) is 6.60. The smallest absolute Gasteiger partial charge is 0.257 e. The molecule has 8 nitrogen and oxygen atoms in total. The number of carbonyl (C=O) groups is 2. The van der Waals surface area contributed by atoms with Crippen LogP contribution in [0.3, 0.4) is 0 Å². The van der Waals surface area contributed by atoms with Gasteiger partial charge < -0.3 is 19.9 Å². The fourth-order valence-electron chi connectivity index (χ4n) is 4.58. The van der Waals surface area contributed by atoms with Crippen LogP contribution in [-0.2, 0) is 4.79 Å². The average molecular weight is 464 g/mol. The van der Waals surface area contributed by atoms with Gasteiger partial charge in [0.1, 0.15) is 17.6 Å². The maximum absolute atomic E-state index is 13.0. The highest BCUT2D eigenvalue weighted by molar-refractivity contribution is 7.71. The number of hydrogen-bond acceptors (Lipinski definition) is 7. The molecule has 170 valence electrons. The van der Waals surface area contributed by atoms with Gasteiger partial charge in [0.05, 0.1) is 18.3 Å². The molecule has 0 aliphatic carbocycles. The Bertz CT molecular complexity index is 1280. The third kappa shape index (κ3) is 3.93. The van der Waals surface area contributed by atoms with Crippen molar-refractivity contribution < 1.29 is 14.3 Å². The minimum absolute atomic E-state index is 0.0619. The fraction of sp³-hybridized carbons (Fsp3) is 0.333. The number of amides is 1. The Kier molecular flexibility index (Phi) is 5.72. The highest BCUT2D eigenvalue weighted by atomic mass is 32.1. The Labute approximate surface area is 196 Å². The minimum Gasteiger partial charge on any atom is -0.495 e. The molecule has 0 unspecified atom stereocenters. The van der Waals surface area contributed by atoms with Crippen molar-refractivity contribution in [3.63, 3.8) is 0 Å². The van der Waals surface area contributed by atoms with Crippen molar-refractivity contribution in [2.45, 2.75) is 18.9 Å². The first-order valence-electron chi connectivity index (χ1n) is 11.0. The Balaban J connectivity index is 1.21. The molecule has 2 aliphatic heterocycles. The minimum atomic E-state index is -0.488. The van der Waals surface area contributed by atoms with Crippen LogP contribution in [0.2, 0.25) is 0 Å². The van der Waals surface area contributed by atoms with E-state index in [0.29, 0.717) is 31.7 Å². The van der Waals surface area contributed by atoms with E-state index in [0.717, 1.165) is 35.4 Å². The number of nitrogens with one attached hydrogen (secondary N) is 1. The Morgan fingerprint density at radius 3 is 2.64 bits per heavy atom. The number of nitrogens with zero attached hydrogens (tertiary/aromatic N) is 4. The summed E-state index contributed by atoms with van der Waals surface area (Å²) in [6.45, 7) is 2.77. The number of rotatable bonds is 5. The Morgan fingerprint density at radius 2 is 1.85 bits per heavy atom. The molecular weight excluding hydrogens is 438 g/mol. The number of fused-ring (bicyclic) bond motifs is 3. The van der Waals surface area contributed by atoms with E-state index >= 15 is 0 Å². The zero-order valence-electron chi connectivity index (χ0n) is 18.4. The van der Waals surface area contributed by atoms with Crippen LogP contribution in [0.25, 0.3) is 10.9 Å². The summed E-state index contributed by atoms with van der Waals surface area (Å²) in [4.78, 5) is 34.3. The predicted octanol–water partition coefficient (Wildman–Crippen LogP) is 3.34. The predicted molar refractivity (Wildman–Crippen MR) is 130 cm³/mol. The molecule has 2 aromatic carbocycles. The van der Waals surface area contributed by atoms with Gasteiger partial charge in [-0.1, -0.05) is 24.3 Å². The number of para-hydroxylation sites is 3. The van der Waals surface area contributed by atoms with Crippen LogP contribution in [0, 0.1) is 4.77 Å². The van der Waals surface area contributed by atoms with E-state index < -0.39 is 6.04 Å². The molecule has 5 rings (SSSR count). The van der Waals surface area contributed by atoms with E-state index in [1.807, 2.05) is 53.4 Å². The fourth-order valence-corrected chi connectivity index (χ4v) is 4.86. The lowest BCUT2D eigenvalue weighted by Crippen LogP contribution is -2.49. The van der Waals surface area contributed by atoms with Crippen molar-refractivity contribution in [1.82, 2.24) is 14.5 Å². The molecule has 1 N–H and O–H groups in total. The molecule has 33 heavy (non-hydrogen) atoms. The van der Waals surface area contributed by atoms with E-state index in [2.05, 4.69) is 15.2 Å². The van der Waals surface area contributed by atoms with Crippen molar-refractivity contribution in [2.24, 2.45) is 0 Å². The largest absolute Gasteiger partial charge is 0.495 e. The molecule has 3 aromatic rings. The van der Waals surface area contributed by atoms with Crippen LogP contribution in [-0.4, -0.2) is 65.6 Å². The molecular formula is C24H25N5O3S. The molecule has 0 radical (unpaired) electrons. The van der Waals surface area contributed by atoms with Gasteiger partial charge in [0.15, 0.2) is 0 Å². The Morgan fingerprint density at radius 1 is 1.12 bits per heavy atom. The van der Waals surface area contributed by atoms with E-state index in [1.165, 1.54) is 4.57 Å². The summed E-state index contributed by atoms with van der Waals surface area (Å²) in [5.74, 6) is 1.41. The first kappa shape index (κ1) is 21.4. The molecule has 1 aromatic heterocycles. The molecule has 2 aliphatic rings. The van der Waals surface area contributed by atoms with Gasteiger partial charge in [0.25, 0.3) is 5.91 Å². The van der Waals surface area contributed by atoms with Crippen molar-refractivity contribution in [2.75, 3.05) is 43.5 Å². The summed E-state index contributed by atoms with van der Waals surface area (Å²) < 4.78 is 7.16. The lowest BCUT2D eigenvalue weighted by Gasteiger charge is -2.36. The van der Waals surface area contributed by atoms with Gasteiger partial charge in [0.2, 0.25) is 10.7 Å². The van der Waals surface area contributed by atoms with Crippen LogP contribution in [0.5, 0.6) is 5.75 Å². The molecule has 9 heteroatoms. The van der Waals surface area contributed by atoms with E-state index in [1.54, 1.807) is 7.11 Å². The number of hydrogen-bond donors (Lipinski definition) is 1. The van der Waals surface area contributed by atoms with Crippen LogP contribution in [0.1, 0.15) is 17.6 Å². The van der Waals surface area contributed by atoms with Gasteiger partial charge >= 0.3 is 0 Å². The second-order valence-electron chi connectivity index (χ2n) is 8.21. The highest BCUT2D eigenvalue weighted by Crippen LogP contribution is 2.30. The van der Waals surface area contributed by atoms with Gasteiger partial charge in [0, 0.05) is 38.0 Å². The zero-order chi connectivity index (χ0) is 22.9. The first-order chi connectivity index (χ1) is 16.1. The molecule has 1 amide bonds. The first-order valence-corrected chi connectivity index (χ1v) is 11.5. The second-order valence-corrected chi connectivity index (χ2v) is 8.57. The van der Waals surface area contributed by atoms with Crippen molar-refractivity contribution >= 4 is 46.4 Å². The number of ether oxygens (including phenoxy) is 1. The zero-order valence-corrected chi connectivity index (χ0v) is 19.2. The number of piperazine rings is 1. The molecule has 3 heterocycles. The highest BCUT2D eigenvalue weighted by Gasteiger charge is 2.33.